The van der Waals surface area contributed by atoms with Gasteiger partial charge in [-0.05, 0) is 47.6 Å². The van der Waals surface area contributed by atoms with Gasteiger partial charge in [0.2, 0.25) is 0 Å². The summed E-state index contributed by atoms with van der Waals surface area (Å²) in [7, 11) is 0. The molecule has 0 bridgehead atoms. The zero-order chi connectivity index (χ0) is 19.9. The van der Waals surface area contributed by atoms with E-state index in [1.165, 1.54) is 91.2 Å². The van der Waals surface area contributed by atoms with Crippen LogP contribution in [0.15, 0.2) is 66.7 Å². The van der Waals surface area contributed by atoms with Crippen LogP contribution in [0.1, 0.15) is 44.1 Å². The lowest BCUT2D eigenvalue weighted by Crippen LogP contribution is -2.07. The van der Waals surface area contributed by atoms with Gasteiger partial charge >= 0.3 is 0 Å². The molecule has 6 rings (SSSR count). The normalized spacial score (nSPS) is 15.5. The van der Waals surface area contributed by atoms with Crippen LogP contribution in [-0.2, 0) is 6.42 Å². The highest BCUT2D eigenvalue weighted by molar-refractivity contribution is 7.36. The minimum Gasteiger partial charge on any atom is -0.134 e. The van der Waals surface area contributed by atoms with E-state index in [0.717, 1.165) is 5.92 Å². The van der Waals surface area contributed by atoms with E-state index in [0.29, 0.717) is 0 Å². The fraction of sp³-hybridized carbons (Fsp3) is 0.286. The molecule has 0 N–H and O–H groups in total. The van der Waals surface area contributed by atoms with Crippen LogP contribution in [0.3, 0.4) is 0 Å². The molecule has 3 aromatic carbocycles. The third-order valence-electron chi connectivity index (χ3n) is 6.82. The summed E-state index contributed by atoms with van der Waals surface area (Å²) in [6.45, 7) is 0. The Morgan fingerprint density at radius 1 is 0.667 bits per heavy atom. The van der Waals surface area contributed by atoms with Crippen molar-refractivity contribution in [3.8, 4) is 11.1 Å². The number of hydrogen-bond donors (Lipinski definition) is 0. The molecule has 0 amide bonds. The smallest absolute Gasteiger partial charge is 0.0542 e. The Bertz CT molecular complexity index is 1320. The molecule has 30 heavy (non-hydrogen) atoms. The van der Waals surface area contributed by atoms with E-state index in [1.807, 2.05) is 22.7 Å². The largest absolute Gasteiger partial charge is 0.134 e. The van der Waals surface area contributed by atoms with Crippen molar-refractivity contribution in [2.45, 2.75) is 44.9 Å². The molecule has 0 nitrogen and oxygen atoms in total. The summed E-state index contributed by atoms with van der Waals surface area (Å²) in [5, 5.41) is 2.86. The van der Waals surface area contributed by atoms with Crippen molar-refractivity contribution in [3.63, 3.8) is 0 Å². The zero-order valence-electron chi connectivity index (χ0n) is 17.2. The number of fused-ring (bicyclic) bond motifs is 5. The summed E-state index contributed by atoms with van der Waals surface area (Å²) in [6, 6.07) is 24.9. The topological polar surface area (TPSA) is 0 Å². The summed E-state index contributed by atoms with van der Waals surface area (Å²) in [5.74, 6) is 0.962. The minimum absolute atomic E-state index is 0.962. The predicted molar refractivity (Wildman–Crippen MR) is 135 cm³/mol. The second kappa shape index (κ2) is 7.83. The van der Waals surface area contributed by atoms with Gasteiger partial charge in [0.1, 0.15) is 0 Å². The van der Waals surface area contributed by atoms with Crippen LogP contribution in [0.2, 0.25) is 0 Å². The summed E-state index contributed by atoms with van der Waals surface area (Å²) >= 11 is 3.94. The fourth-order valence-electron chi connectivity index (χ4n) is 5.11. The quantitative estimate of drug-likeness (QED) is 0.268. The second-order valence-corrected chi connectivity index (χ2v) is 10.9. The Balaban J connectivity index is 1.33. The minimum atomic E-state index is 0.962. The van der Waals surface area contributed by atoms with Gasteiger partial charge in [-0.25, -0.2) is 0 Å². The van der Waals surface area contributed by atoms with Crippen molar-refractivity contribution in [1.82, 2.24) is 0 Å². The molecule has 150 valence electrons. The molecule has 0 atom stereocenters. The maximum Gasteiger partial charge on any atom is 0.0542 e. The van der Waals surface area contributed by atoms with Crippen molar-refractivity contribution >= 4 is 52.2 Å². The van der Waals surface area contributed by atoms with E-state index < -0.39 is 0 Å². The van der Waals surface area contributed by atoms with Crippen LogP contribution in [0, 0.1) is 5.92 Å². The van der Waals surface area contributed by atoms with E-state index in [-0.39, 0.29) is 0 Å². The van der Waals surface area contributed by atoms with Crippen molar-refractivity contribution < 1.29 is 0 Å². The molecule has 0 spiro atoms. The maximum absolute atomic E-state index is 2.47. The molecule has 2 heterocycles. The van der Waals surface area contributed by atoms with Crippen LogP contribution < -0.4 is 0 Å². The average Bonchev–Trinajstić information content (AvgIpc) is 3.34. The first-order valence-corrected chi connectivity index (χ1v) is 12.9. The highest BCUT2D eigenvalue weighted by Crippen LogP contribution is 2.45. The summed E-state index contributed by atoms with van der Waals surface area (Å²) in [4.78, 5) is 0. The molecule has 1 saturated carbocycles. The third-order valence-corrected chi connectivity index (χ3v) is 9.32. The lowest BCUT2D eigenvalue weighted by molar-refractivity contribution is 0.339. The third kappa shape index (κ3) is 3.36. The maximum atomic E-state index is 2.47. The first-order chi connectivity index (χ1) is 14.8. The second-order valence-electron chi connectivity index (χ2n) is 8.81. The van der Waals surface area contributed by atoms with Crippen molar-refractivity contribution in [2.24, 2.45) is 5.92 Å². The fourth-order valence-corrected chi connectivity index (χ4v) is 7.87. The SMILES string of the molecule is c1ccc(-c2ccc3c(c2)sc2c4ccc(CCC5CCCCC5)cc4sc32)cc1. The molecule has 0 saturated heterocycles. The number of aryl methyl sites for hydroxylation is 1. The Morgan fingerprint density at radius 3 is 2.13 bits per heavy atom. The van der Waals surface area contributed by atoms with Gasteiger partial charge in [-0.15, -0.1) is 22.7 Å². The lowest BCUT2D eigenvalue weighted by atomic mass is 9.85. The van der Waals surface area contributed by atoms with E-state index >= 15 is 0 Å². The van der Waals surface area contributed by atoms with Crippen molar-refractivity contribution in [1.29, 1.82) is 0 Å². The number of rotatable bonds is 4. The summed E-state index contributed by atoms with van der Waals surface area (Å²) in [5.41, 5.74) is 4.13. The first-order valence-electron chi connectivity index (χ1n) is 11.3. The van der Waals surface area contributed by atoms with Crippen LogP contribution in [0.5, 0.6) is 0 Å². The Kier molecular flexibility index (Phi) is 4.85. The van der Waals surface area contributed by atoms with Gasteiger partial charge in [0.05, 0.1) is 9.40 Å². The van der Waals surface area contributed by atoms with Gasteiger partial charge in [0.25, 0.3) is 0 Å². The molecule has 1 aliphatic carbocycles. The van der Waals surface area contributed by atoms with Gasteiger partial charge in [-0.2, -0.15) is 0 Å². The average molecular weight is 427 g/mol. The Hall–Kier alpha value is -2.16. The monoisotopic (exact) mass is 426 g/mol. The number of hydrogen-bond acceptors (Lipinski definition) is 2. The van der Waals surface area contributed by atoms with Gasteiger partial charge in [0, 0.05) is 20.2 Å². The molecule has 1 fully saturated rings. The van der Waals surface area contributed by atoms with E-state index in [2.05, 4.69) is 66.7 Å². The standard InChI is InChI=1S/C28H26S2/c1-3-7-19(8-4-1)11-12-20-13-15-23-25(17-20)29-28-24-16-14-22(18-26(24)30-27(23)28)21-9-5-2-6-10-21/h2,5-6,9-10,13-19H,1,3-4,7-8,11-12H2. The molecule has 0 unspecified atom stereocenters. The number of thiophene rings is 2. The lowest BCUT2D eigenvalue weighted by Gasteiger charge is -2.21. The van der Waals surface area contributed by atoms with Gasteiger partial charge < -0.3 is 0 Å². The molecule has 2 aromatic heterocycles. The highest BCUT2D eigenvalue weighted by Gasteiger charge is 2.15. The van der Waals surface area contributed by atoms with Crippen LogP contribution >= 0.6 is 22.7 Å². The van der Waals surface area contributed by atoms with Crippen LogP contribution in [-0.4, -0.2) is 0 Å². The van der Waals surface area contributed by atoms with Crippen molar-refractivity contribution in [2.75, 3.05) is 0 Å². The van der Waals surface area contributed by atoms with Gasteiger partial charge in [-0.3, -0.25) is 0 Å². The molecule has 0 aliphatic heterocycles. The van der Waals surface area contributed by atoms with Crippen LogP contribution in [0.25, 0.3) is 40.7 Å². The van der Waals surface area contributed by atoms with Gasteiger partial charge in [0.15, 0.2) is 0 Å². The molecule has 0 radical (unpaired) electrons. The van der Waals surface area contributed by atoms with E-state index in [9.17, 15) is 0 Å². The van der Waals surface area contributed by atoms with E-state index in [4.69, 9.17) is 0 Å². The zero-order valence-corrected chi connectivity index (χ0v) is 18.8. The number of benzene rings is 3. The molecule has 1 aliphatic rings. The molecular formula is C28H26S2. The first kappa shape index (κ1) is 18.6. The summed E-state index contributed by atoms with van der Waals surface area (Å²) < 4.78 is 5.80. The Morgan fingerprint density at radius 2 is 1.37 bits per heavy atom. The Labute approximate surface area is 186 Å². The molecule has 2 heteroatoms. The highest BCUT2D eigenvalue weighted by atomic mass is 32.1. The van der Waals surface area contributed by atoms with Gasteiger partial charge in [-0.1, -0.05) is 86.7 Å². The van der Waals surface area contributed by atoms with Crippen molar-refractivity contribution in [3.05, 3.63) is 72.3 Å². The van der Waals surface area contributed by atoms with Crippen LogP contribution in [0.4, 0.5) is 0 Å². The predicted octanol–water partition coefficient (Wildman–Crippen LogP) is 9.45. The molecular weight excluding hydrogens is 400 g/mol. The summed E-state index contributed by atoms with van der Waals surface area (Å²) in [6.07, 6.45) is 9.87. The van der Waals surface area contributed by atoms with E-state index in [1.54, 1.807) is 0 Å². The molecule has 5 aromatic rings.